The van der Waals surface area contributed by atoms with E-state index in [-0.39, 0.29) is 27.9 Å². The maximum atomic E-state index is 12.0. The van der Waals surface area contributed by atoms with Gasteiger partial charge in [0.1, 0.15) is 5.75 Å². The highest BCUT2D eigenvalue weighted by atomic mass is 35.5. The van der Waals surface area contributed by atoms with E-state index in [9.17, 15) is 19.7 Å². The molecule has 0 saturated carbocycles. The Kier molecular flexibility index (Phi) is 5.00. The lowest BCUT2D eigenvalue weighted by atomic mass is 10.2. The minimum atomic E-state index is -0.677. The van der Waals surface area contributed by atoms with Crippen molar-refractivity contribution in [1.29, 1.82) is 0 Å². The minimum absolute atomic E-state index is 0.0392. The SMILES string of the molecule is CC(=O)Oc1ccc(C=C2N=C(c3ccc([N+](=O)[O-])cc3Cl)OC2=O)cc1. The highest BCUT2D eigenvalue weighted by Crippen LogP contribution is 2.27. The number of aliphatic imine (C=N–C) groups is 1. The van der Waals surface area contributed by atoms with Crippen LogP contribution in [0.15, 0.2) is 53.2 Å². The van der Waals surface area contributed by atoms with Gasteiger partial charge in [0, 0.05) is 19.1 Å². The van der Waals surface area contributed by atoms with Crippen LogP contribution in [0.4, 0.5) is 5.69 Å². The van der Waals surface area contributed by atoms with Gasteiger partial charge in [-0.3, -0.25) is 14.9 Å². The fourth-order valence-electron chi connectivity index (χ4n) is 2.27. The topological polar surface area (TPSA) is 108 Å². The standard InChI is InChI=1S/C18H11ClN2O6/c1-10(22)26-13-5-2-11(3-6-13)8-16-18(23)27-17(20-16)14-7-4-12(21(24)25)9-15(14)19/h2-9H,1H3. The number of cyclic esters (lactones) is 1. The van der Waals surface area contributed by atoms with Crippen molar-refractivity contribution in [2.75, 3.05) is 0 Å². The Bertz CT molecular complexity index is 1010. The zero-order valence-electron chi connectivity index (χ0n) is 13.8. The van der Waals surface area contributed by atoms with Crippen molar-refractivity contribution in [2.45, 2.75) is 6.92 Å². The monoisotopic (exact) mass is 386 g/mol. The molecule has 0 aromatic heterocycles. The third-order valence-corrected chi connectivity index (χ3v) is 3.77. The fraction of sp³-hybridized carbons (Fsp3) is 0.0556. The van der Waals surface area contributed by atoms with Crippen molar-refractivity contribution in [3.05, 3.63) is 74.4 Å². The van der Waals surface area contributed by atoms with E-state index < -0.39 is 16.9 Å². The molecule has 3 rings (SSSR count). The number of nitrogens with zero attached hydrogens (tertiary/aromatic N) is 2. The molecular weight excluding hydrogens is 376 g/mol. The number of hydrogen-bond donors (Lipinski definition) is 0. The van der Waals surface area contributed by atoms with E-state index >= 15 is 0 Å². The van der Waals surface area contributed by atoms with E-state index in [0.29, 0.717) is 11.3 Å². The second-order valence-corrected chi connectivity index (χ2v) is 5.83. The number of ether oxygens (including phenoxy) is 2. The first kappa shape index (κ1) is 18.3. The predicted octanol–water partition coefficient (Wildman–Crippen LogP) is 3.52. The summed E-state index contributed by atoms with van der Waals surface area (Å²) < 4.78 is 10.0. The van der Waals surface area contributed by atoms with Gasteiger partial charge in [-0.05, 0) is 29.8 Å². The van der Waals surface area contributed by atoms with Crippen LogP contribution in [0.1, 0.15) is 18.1 Å². The lowest BCUT2D eigenvalue weighted by Crippen LogP contribution is -2.06. The average Bonchev–Trinajstić information content (AvgIpc) is 2.96. The highest BCUT2D eigenvalue weighted by molar-refractivity contribution is 6.34. The summed E-state index contributed by atoms with van der Waals surface area (Å²) in [5.74, 6) is -0.777. The van der Waals surface area contributed by atoms with E-state index in [1.54, 1.807) is 24.3 Å². The van der Waals surface area contributed by atoms with Crippen LogP contribution in [0.25, 0.3) is 6.08 Å². The van der Waals surface area contributed by atoms with Gasteiger partial charge in [0.15, 0.2) is 5.70 Å². The van der Waals surface area contributed by atoms with Gasteiger partial charge in [0.25, 0.3) is 5.69 Å². The fourth-order valence-corrected chi connectivity index (χ4v) is 2.53. The quantitative estimate of drug-likeness (QED) is 0.261. The lowest BCUT2D eigenvalue weighted by Gasteiger charge is -2.02. The Morgan fingerprint density at radius 3 is 2.56 bits per heavy atom. The van der Waals surface area contributed by atoms with Gasteiger partial charge < -0.3 is 9.47 Å². The summed E-state index contributed by atoms with van der Waals surface area (Å²) in [5.41, 5.74) is 0.763. The van der Waals surface area contributed by atoms with Crippen LogP contribution in [0.2, 0.25) is 5.02 Å². The average molecular weight is 387 g/mol. The van der Waals surface area contributed by atoms with Crippen LogP contribution < -0.4 is 4.74 Å². The maximum Gasteiger partial charge on any atom is 0.363 e. The molecule has 136 valence electrons. The predicted molar refractivity (Wildman–Crippen MR) is 96.5 cm³/mol. The number of non-ortho nitro benzene ring substituents is 1. The van der Waals surface area contributed by atoms with Crippen molar-refractivity contribution in [2.24, 2.45) is 4.99 Å². The molecule has 8 nitrogen and oxygen atoms in total. The molecule has 27 heavy (non-hydrogen) atoms. The Morgan fingerprint density at radius 1 is 1.26 bits per heavy atom. The Hall–Kier alpha value is -3.52. The number of nitro benzene ring substituents is 1. The van der Waals surface area contributed by atoms with Crippen LogP contribution in [-0.4, -0.2) is 22.8 Å². The van der Waals surface area contributed by atoms with Gasteiger partial charge in [0.2, 0.25) is 5.90 Å². The molecule has 2 aromatic rings. The van der Waals surface area contributed by atoms with E-state index in [4.69, 9.17) is 21.1 Å². The number of hydrogen-bond acceptors (Lipinski definition) is 7. The van der Waals surface area contributed by atoms with Crippen molar-refractivity contribution in [1.82, 2.24) is 0 Å². The minimum Gasteiger partial charge on any atom is -0.427 e. The first-order valence-corrected chi connectivity index (χ1v) is 7.96. The van der Waals surface area contributed by atoms with Crippen molar-refractivity contribution >= 4 is 41.2 Å². The van der Waals surface area contributed by atoms with Crippen LogP contribution in [0, 0.1) is 10.1 Å². The van der Waals surface area contributed by atoms with Crippen LogP contribution in [0.3, 0.4) is 0 Å². The van der Waals surface area contributed by atoms with Gasteiger partial charge >= 0.3 is 11.9 Å². The number of benzene rings is 2. The Balaban J connectivity index is 1.87. The smallest absolute Gasteiger partial charge is 0.363 e. The maximum absolute atomic E-state index is 12.0. The van der Waals surface area contributed by atoms with Crippen molar-refractivity contribution in [3.63, 3.8) is 0 Å². The Labute approximate surface area is 157 Å². The van der Waals surface area contributed by atoms with Gasteiger partial charge in [-0.1, -0.05) is 23.7 Å². The highest BCUT2D eigenvalue weighted by Gasteiger charge is 2.26. The van der Waals surface area contributed by atoms with E-state index in [2.05, 4.69) is 4.99 Å². The molecule has 1 aliphatic heterocycles. The molecule has 2 aromatic carbocycles. The van der Waals surface area contributed by atoms with Gasteiger partial charge in [0.05, 0.1) is 15.5 Å². The van der Waals surface area contributed by atoms with Crippen LogP contribution in [-0.2, 0) is 14.3 Å². The lowest BCUT2D eigenvalue weighted by molar-refractivity contribution is -0.384. The first-order chi connectivity index (χ1) is 12.8. The molecule has 0 bridgehead atoms. The largest absolute Gasteiger partial charge is 0.427 e. The third kappa shape index (κ3) is 4.18. The zero-order chi connectivity index (χ0) is 19.6. The molecule has 0 fully saturated rings. The van der Waals surface area contributed by atoms with Crippen molar-refractivity contribution < 1.29 is 24.0 Å². The van der Waals surface area contributed by atoms with Gasteiger partial charge in [-0.2, -0.15) is 0 Å². The summed E-state index contributed by atoms with van der Waals surface area (Å²) in [4.78, 5) is 37.2. The van der Waals surface area contributed by atoms with E-state index in [1.165, 1.54) is 25.1 Å². The van der Waals surface area contributed by atoms with Crippen LogP contribution >= 0.6 is 11.6 Å². The summed E-state index contributed by atoms with van der Waals surface area (Å²) in [6.07, 6.45) is 1.49. The van der Waals surface area contributed by atoms with E-state index in [0.717, 1.165) is 6.07 Å². The summed E-state index contributed by atoms with van der Waals surface area (Å²) in [7, 11) is 0. The van der Waals surface area contributed by atoms with Crippen molar-refractivity contribution in [3.8, 4) is 5.75 Å². The molecule has 0 saturated heterocycles. The number of halogens is 1. The molecule has 0 N–H and O–H groups in total. The number of carbonyl (C=O) groups is 2. The molecule has 0 aliphatic carbocycles. The van der Waals surface area contributed by atoms with E-state index in [1.807, 2.05) is 0 Å². The second kappa shape index (κ2) is 7.38. The number of carbonyl (C=O) groups excluding carboxylic acids is 2. The number of rotatable bonds is 4. The molecule has 9 heteroatoms. The molecule has 1 aliphatic rings. The Morgan fingerprint density at radius 2 is 1.96 bits per heavy atom. The summed E-state index contributed by atoms with van der Waals surface area (Å²) in [6, 6.07) is 10.2. The first-order valence-electron chi connectivity index (χ1n) is 7.59. The summed E-state index contributed by atoms with van der Waals surface area (Å²) in [5, 5.41) is 10.8. The summed E-state index contributed by atoms with van der Waals surface area (Å²) in [6.45, 7) is 1.30. The molecule has 0 atom stereocenters. The molecular formula is C18H11ClN2O6. The molecule has 0 unspecified atom stereocenters. The molecule has 1 heterocycles. The van der Waals surface area contributed by atoms with Gasteiger partial charge in [-0.15, -0.1) is 0 Å². The van der Waals surface area contributed by atoms with Crippen LogP contribution in [0.5, 0.6) is 5.75 Å². The third-order valence-electron chi connectivity index (χ3n) is 3.46. The number of esters is 2. The molecule has 0 radical (unpaired) electrons. The zero-order valence-corrected chi connectivity index (χ0v) is 14.6. The second-order valence-electron chi connectivity index (χ2n) is 5.42. The van der Waals surface area contributed by atoms with Gasteiger partial charge in [-0.25, -0.2) is 9.79 Å². The summed E-state index contributed by atoms with van der Waals surface area (Å²) >= 11 is 6.03. The normalized spacial score (nSPS) is 14.7. The molecule has 0 spiro atoms. The number of nitro groups is 1. The molecule has 0 amide bonds.